The molecule has 0 aliphatic heterocycles. The first-order valence-electron chi connectivity index (χ1n) is 7.39. The molecule has 6 heteroatoms. The van der Waals surface area contributed by atoms with Gasteiger partial charge in [-0.3, -0.25) is 0 Å². The lowest BCUT2D eigenvalue weighted by Crippen LogP contribution is -2.20. The van der Waals surface area contributed by atoms with Crippen LogP contribution in [0.2, 0.25) is 0 Å². The van der Waals surface area contributed by atoms with E-state index in [1.54, 1.807) is 18.3 Å². The van der Waals surface area contributed by atoms with Gasteiger partial charge in [-0.1, -0.05) is 48.9 Å². The van der Waals surface area contributed by atoms with Crippen LogP contribution in [0.3, 0.4) is 0 Å². The molecule has 23 heavy (non-hydrogen) atoms. The lowest BCUT2D eigenvalue weighted by Gasteiger charge is -2.20. The van der Waals surface area contributed by atoms with Gasteiger partial charge in [-0.05, 0) is 13.8 Å². The summed E-state index contributed by atoms with van der Waals surface area (Å²) in [7, 11) is 1.43. The predicted octanol–water partition coefficient (Wildman–Crippen LogP) is 5.84. The largest absolute Gasteiger partial charge is 0.275 e. The Morgan fingerprint density at radius 2 is 1.74 bits per heavy atom. The maximum atomic E-state index is 14.0. The third-order valence-electron chi connectivity index (χ3n) is 3.87. The highest BCUT2D eigenvalue weighted by atomic mass is 33.1. The molecular weight excluding hydrogens is 334 g/mol. The van der Waals surface area contributed by atoms with Gasteiger partial charge in [-0.15, -0.1) is 11.7 Å². The molecule has 0 saturated carbocycles. The maximum Gasteiger partial charge on any atom is 0.275 e. The van der Waals surface area contributed by atoms with Crippen LogP contribution in [-0.2, 0) is 5.92 Å². The van der Waals surface area contributed by atoms with Crippen molar-refractivity contribution < 1.29 is 8.78 Å². The molecule has 2 rings (SSSR count). The van der Waals surface area contributed by atoms with Crippen LogP contribution in [0.5, 0.6) is 0 Å². The molecule has 0 unspecified atom stereocenters. The average Bonchev–Trinajstić information content (AvgIpc) is 2.54. The minimum absolute atomic E-state index is 0.0182. The smallest absolute Gasteiger partial charge is 0.236 e. The predicted molar refractivity (Wildman–Crippen MR) is 95.9 cm³/mol. The normalized spacial score (nSPS) is 13.4. The standard InChI is InChI=1S/C17H20F2N2S2/c1-10(2)17(18,19)14-7-5-13(6-8-14)16-20-9-15(11(3)21-16)12(4)23-22/h5-10,12,22H,1-4H3/t12-/m0/s1. The molecule has 2 aromatic rings. The van der Waals surface area contributed by atoms with Gasteiger partial charge in [-0.25, -0.2) is 18.7 Å². The van der Waals surface area contributed by atoms with Gasteiger partial charge in [0.1, 0.15) is 0 Å². The number of thiol groups is 1. The molecule has 0 spiro atoms. The molecule has 1 atom stereocenters. The first-order valence-corrected chi connectivity index (χ1v) is 9.33. The van der Waals surface area contributed by atoms with E-state index in [1.165, 1.54) is 36.8 Å². The Bertz CT molecular complexity index is 673. The molecule has 0 bridgehead atoms. The Morgan fingerprint density at radius 3 is 2.22 bits per heavy atom. The highest BCUT2D eigenvalue weighted by molar-refractivity contribution is 8.68. The van der Waals surface area contributed by atoms with Crippen molar-refractivity contribution in [2.24, 2.45) is 5.92 Å². The van der Waals surface area contributed by atoms with Crippen molar-refractivity contribution in [1.29, 1.82) is 0 Å². The van der Waals surface area contributed by atoms with Gasteiger partial charge in [-0.2, -0.15) is 0 Å². The number of nitrogens with zero attached hydrogens (tertiary/aromatic N) is 2. The summed E-state index contributed by atoms with van der Waals surface area (Å²) in [6, 6.07) is 6.20. The van der Waals surface area contributed by atoms with Gasteiger partial charge in [0.05, 0.1) is 0 Å². The first-order chi connectivity index (χ1) is 10.8. The second-order valence-corrected chi connectivity index (χ2v) is 7.39. The van der Waals surface area contributed by atoms with Crippen molar-refractivity contribution in [3.8, 4) is 11.4 Å². The van der Waals surface area contributed by atoms with Crippen LogP contribution in [0, 0.1) is 12.8 Å². The molecule has 2 nitrogen and oxygen atoms in total. The first kappa shape index (κ1) is 18.2. The summed E-state index contributed by atoms with van der Waals surface area (Å²) >= 11 is 4.21. The molecular formula is C17H20F2N2S2. The number of halogens is 2. The van der Waals surface area contributed by atoms with E-state index in [-0.39, 0.29) is 10.8 Å². The van der Waals surface area contributed by atoms with Gasteiger partial charge in [0.2, 0.25) is 0 Å². The zero-order valence-corrected chi connectivity index (χ0v) is 15.3. The van der Waals surface area contributed by atoms with E-state index in [9.17, 15) is 8.78 Å². The molecule has 1 heterocycles. The Kier molecular flexibility index (Phi) is 5.68. The van der Waals surface area contributed by atoms with Crippen molar-refractivity contribution in [1.82, 2.24) is 9.97 Å². The van der Waals surface area contributed by atoms with Gasteiger partial charge in [0.25, 0.3) is 5.92 Å². The van der Waals surface area contributed by atoms with E-state index in [1.807, 2.05) is 13.8 Å². The van der Waals surface area contributed by atoms with Crippen LogP contribution >= 0.6 is 22.5 Å². The number of aryl methyl sites for hydroxylation is 1. The summed E-state index contributed by atoms with van der Waals surface area (Å²) in [6.07, 6.45) is 1.78. The number of alkyl halides is 2. The fraction of sp³-hybridized carbons (Fsp3) is 0.412. The number of aromatic nitrogens is 2. The summed E-state index contributed by atoms with van der Waals surface area (Å²) in [4.78, 5) is 8.85. The monoisotopic (exact) mass is 354 g/mol. The fourth-order valence-corrected chi connectivity index (χ4v) is 2.93. The molecule has 0 fully saturated rings. The van der Waals surface area contributed by atoms with Gasteiger partial charge in [0.15, 0.2) is 5.82 Å². The van der Waals surface area contributed by atoms with E-state index in [2.05, 4.69) is 21.6 Å². The van der Waals surface area contributed by atoms with Crippen LogP contribution in [0.15, 0.2) is 30.5 Å². The van der Waals surface area contributed by atoms with Crippen LogP contribution in [0.25, 0.3) is 11.4 Å². The Hall–Kier alpha value is -1.14. The van der Waals surface area contributed by atoms with Crippen molar-refractivity contribution in [3.63, 3.8) is 0 Å². The van der Waals surface area contributed by atoms with E-state index >= 15 is 0 Å². The Labute approximate surface area is 144 Å². The Morgan fingerprint density at radius 1 is 1.13 bits per heavy atom. The zero-order chi connectivity index (χ0) is 17.2. The van der Waals surface area contributed by atoms with Crippen molar-refractivity contribution in [2.45, 2.75) is 38.9 Å². The summed E-state index contributed by atoms with van der Waals surface area (Å²) in [5, 5.41) is 0.194. The number of hydrogen-bond acceptors (Lipinski definition) is 4. The minimum atomic E-state index is -2.83. The van der Waals surface area contributed by atoms with Gasteiger partial charge >= 0.3 is 0 Å². The second-order valence-electron chi connectivity index (χ2n) is 5.84. The van der Waals surface area contributed by atoms with Crippen molar-refractivity contribution in [2.75, 3.05) is 0 Å². The molecule has 0 amide bonds. The van der Waals surface area contributed by atoms with Crippen molar-refractivity contribution >= 4 is 22.5 Å². The minimum Gasteiger partial charge on any atom is -0.236 e. The second kappa shape index (κ2) is 7.18. The number of hydrogen-bond donors (Lipinski definition) is 1. The quantitative estimate of drug-likeness (QED) is 0.539. The summed E-state index contributed by atoms with van der Waals surface area (Å²) in [6.45, 7) is 6.98. The number of rotatable bonds is 5. The molecule has 0 radical (unpaired) electrons. The zero-order valence-electron chi connectivity index (χ0n) is 13.5. The Balaban J connectivity index is 2.32. The maximum absolute atomic E-state index is 14.0. The highest BCUT2D eigenvalue weighted by Gasteiger charge is 2.35. The summed E-state index contributed by atoms with van der Waals surface area (Å²) < 4.78 is 28.0. The molecule has 0 N–H and O–H groups in total. The third kappa shape index (κ3) is 3.86. The molecule has 0 aliphatic rings. The summed E-state index contributed by atoms with van der Waals surface area (Å²) in [5.74, 6) is -3.04. The van der Waals surface area contributed by atoms with Crippen LogP contribution < -0.4 is 0 Å². The van der Waals surface area contributed by atoms with E-state index in [0.717, 1.165) is 16.8 Å². The number of benzene rings is 1. The SMILES string of the molecule is Cc1nc(-c2ccc(C(F)(F)C(C)C)cc2)ncc1[C@H](C)SS. The lowest BCUT2D eigenvalue weighted by molar-refractivity contribution is -0.0513. The molecule has 1 aromatic heterocycles. The molecule has 0 aliphatic carbocycles. The molecule has 0 saturated heterocycles. The van der Waals surface area contributed by atoms with Gasteiger partial charge in [0, 0.05) is 39.7 Å². The molecule has 124 valence electrons. The summed E-state index contributed by atoms with van der Waals surface area (Å²) in [5.41, 5.74) is 2.65. The topological polar surface area (TPSA) is 25.8 Å². The van der Waals surface area contributed by atoms with Crippen LogP contribution in [-0.4, -0.2) is 9.97 Å². The van der Waals surface area contributed by atoms with Crippen LogP contribution in [0.4, 0.5) is 8.78 Å². The van der Waals surface area contributed by atoms with Gasteiger partial charge < -0.3 is 0 Å². The molecule has 1 aromatic carbocycles. The van der Waals surface area contributed by atoms with Crippen LogP contribution in [0.1, 0.15) is 42.8 Å². The highest BCUT2D eigenvalue weighted by Crippen LogP contribution is 2.36. The average molecular weight is 354 g/mol. The fourth-order valence-electron chi connectivity index (χ4n) is 2.25. The van der Waals surface area contributed by atoms with E-state index in [4.69, 9.17) is 0 Å². The third-order valence-corrected chi connectivity index (χ3v) is 5.39. The van der Waals surface area contributed by atoms with Crippen molar-refractivity contribution in [3.05, 3.63) is 47.3 Å². The van der Waals surface area contributed by atoms with E-state index in [0.29, 0.717) is 5.82 Å². The van der Waals surface area contributed by atoms with E-state index < -0.39 is 11.8 Å². The lowest BCUT2D eigenvalue weighted by atomic mass is 9.97.